The van der Waals surface area contributed by atoms with Crippen molar-refractivity contribution in [2.45, 2.75) is 12.3 Å². The van der Waals surface area contributed by atoms with Gasteiger partial charge in [-0.1, -0.05) is 12.1 Å². The number of nitrogens with one attached hydrogen (secondary N) is 1. The molecule has 0 fully saturated rings. The number of aromatic hydroxyl groups is 2. The van der Waals surface area contributed by atoms with E-state index < -0.39 is 36.3 Å². The Morgan fingerprint density at radius 2 is 1.92 bits per heavy atom. The molecular formula is C17H15F3N2O4. The maximum atomic E-state index is 13.0. The molecule has 1 atom stereocenters. The maximum Gasteiger partial charge on any atom is 0.406 e. The lowest BCUT2D eigenvalue weighted by Gasteiger charge is -2.38. The van der Waals surface area contributed by atoms with Gasteiger partial charge in [0.15, 0.2) is 11.5 Å². The van der Waals surface area contributed by atoms with Crippen LogP contribution < -0.4 is 10.1 Å². The Morgan fingerprint density at radius 1 is 1.23 bits per heavy atom. The van der Waals surface area contributed by atoms with Gasteiger partial charge in [-0.2, -0.15) is 13.2 Å². The number of hydrogen-bond acceptors (Lipinski definition) is 5. The molecule has 1 aliphatic rings. The maximum absolute atomic E-state index is 13.0. The molecule has 0 saturated heterocycles. The highest BCUT2D eigenvalue weighted by Gasteiger charge is 2.41. The normalized spacial score (nSPS) is 16.8. The highest BCUT2D eigenvalue weighted by molar-refractivity contribution is 6.01. The minimum Gasteiger partial charge on any atom is -0.504 e. The third-order valence-corrected chi connectivity index (χ3v) is 3.98. The molecule has 138 valence electrons. The first-order chi connectivity index (χ1) is 12.2. The molecule has 9 heteroatoms. The number of rotatable bonds is 3. The standard InChI is InChI=1S/C17H15F3N2O4/c1-26-13-7-9(6-12(23)14(13)24)15-21-11-5-3-2-4-10(11)16(25)22(15)8-17(18,19)20/h2-7,15,21,23-24H,8H2,1H3/t15-/m1/s1. The number of amides is 1. The molecule has 6 nitrogen and oxygen atoms in total. The minimum absolute atomic E-state index is 0.114. The molecule has 0 saturated carbocycles. The van der Waals surface area contributed by atoms with Crippen LogP contribution in [0.2, 0.25) is 0 Å². The number of anilines is 1. The van der Waals surface area contributed by atoms with Gasteiger partial charge in [-0.25, -0.2) is 0 Å². The van der Waals surface area contributed by atoms with Crippen LogP contribution in [0.3, 0.4) is 0 Å². The van der Waals surface area contributed by atoms with E-state index in [1.54, 1.807) is 18.2 Å². The van der Waals surface area contributed by atoms with Crippen molar-refractivity contribution in [1.29, 1.82) is 0 Å². The van der Waals surface area contributed by atoms with Crippen LogP contribution in [-0.2, 0) is 0 Å². The molecule has 0 bridgehead atoms. The first kappa shape index (κ1) is 17.7. The molecule has 3 rings (SSSR count). The Morgan fingerprint density at radius 3 is 2.58 bits per heavy atom. The fourth-order valence-corrected chi connectivity index (χ4v) is 2.84. The van der Waals surface area contributed by atoms with E-state index in [-0.39, 0.29) is 16.9 Å². The van der Waals surface area contributed by atoms with Crippen LogP contribution in [0, 0.1) is 0 Å². The number of nitrogens with zero attached hydrogens (tertiary/aromatic N) is 1. The van der Waals surface area contributed by atoms with Crippen molar-refractivity contribution in [2.24, 2.45) is 0 Å². The number of halogens is 3. The number of para-hydroxylation sites is 1. The molecular weight excluding hydrogens is 353 g/mol. The fraction of sp³-hybridized carbons (Fsp3) is 0.235. The van der Waals surface area contributed by atoms with E-state index in [1.807, 2.05) is 0 Å². The van der Waals surface area contributed by atoms with Gasteiger partial charge in [-0.3, -0.25) is 4.79 Å². The van der Waals surface area contributed by atoms with Gasteiger partial charge in [0.05, 0.1) is 12.7 Å². The first-order valence-corrected chi connectivity index (χ1v) is 7.54. The molecule has 0 aromatic heterocycles. The average Bonchev–Trinajstić information content (AvgIpc) is 2.58. The Kier molecular flexibility index (Phi) is 4.31. The van der Waals surface area contributed by atoms with E-state index in [9.17, 15) is 28.2 Å². The number of benzene rings is 2. The first-order valence-electron chi connectivity index (χ1n) is 7.54. The summed E-state index contributed by atoms with van der Waals surface area (Å²) in [6.07, 6.45) is -5.83. The zero-order valence-electron chi connectivity index (χ0n) is 13.5. The summed E-state index contributed by atoms with van der Waals surface area (Å²) in [5.74, 6) is -2.03. The van der Waals surface area contributed by atoms with Crippen molar-refractivity contribution in [3.63, 3.8) is 0 Å². The fourth-order valence-electron chi connectivity index (χ4n) is 2.84. The molecule has 1 amide bonds. The number of hydrogen-bond donors (Lipinski definition) is 3. The quantitative estimate of drug-likeness (QED) is 0.725. The second kappa shape index (κ2) is 6.32. The molecule has 0 aliphatic carbocycles. The highest BCUT2D eigenvalue weighted by atomic mass is 19.4. The number of carbonyl (C=O) groups is 1. The molecule has 0 spiro atoms. The van der Waals surface area contributed by atoms with Crippen molar-refractivity contribution in [2.75, 3.05) is 19.0 Å². The minimum atomic E-state index is -4.62. The number of methoxy groups -OCH3 is 1. The molecule has 3 N–H and O–H groups in total. The molecule has 1 heterocycles. The van der Waals surface area contributed by atoms with E-state index in [4.69, 9.17) is 4.74 Å². The molecule has 2 aromatic carbocycles. The predicted molar refractivity (Wildman–Crippen MR) is 86.2 cm³/mol. The smallest absolute Gasteiger partial charge is 0.406 e. The summed E-state index contributed by atoms with van der Waals surface area (Å²) in [5, 5.41) is 22.4. The lowest BCUT2D eigenvalue weighted by atomic mass is 10.0. The van der Waals surface area contributed by atoms with Crippen LogP contribution in [0.4, 0.5) is 18.9 Å². The summed E-state index contributed by atoms with van der Waals surface area (Å²) >= 11 is 0. The molecule has 26 heavy (non-hydrogen) atoms. The third kappa shape index (κ3) is 3.19. The summed E-state index contributed by atoms with van der Waals surface area (Å²) < 4.78 is 44.0. The van der Waals surface area contributed by atoms with E-state index in [0.717, 1.165) is 6.07 Å². The van der Waals surface area contributed by atoms with E-state index in [2.05, 4.69) is 5.32 Å². The van der Waals surface area contributed by atoms with Crippen LogP contribution in [0.15, 0.2) is 36.4 Å². The van der Waals surface area contributed by atoms with Crippen molar-refractivity contribution in [3.05, 3.63) is 47.5 Å². The van der Waals surface area contributed by atoms with Gasteiger partial charge in [0.25, 0.3) is 5.91 Å². The zero-order chi connectivity index (χ0) is 19.1. The summed E-state index contributed by atoms with van der Waals surface area (Å²) in [4.78, 5) is 13.2. The molecule has 0 unspecified atom stereocenters. The Labute approximate surface area is 146 Å². The Balaban J connectivity index is 2.11. The van der Waals surface area contributed by atoms with E-state index >= 15 is 0 Å². The van der Waals surface area contributed by atoms with Gasteiger partial charge < -0.3 is 25.2 Å². The van der Waals surface area contributed by atoms with Crippen molar-refractivity contribution in [1.82, 2.24) is 4.90 Å². The number of ether oxygens (including phenoxy) is 1. The second-order valence-corrected chi connectivity index (χ2v) is 5.73. The van der Waals surface area contributed by atoms with Crippen LogP contribution in [-0.4, -0.2) is 40.9 Å². The molecule has 2 aromatic rings. The highest BCUT2D eigenvalue weighted by Crippen LogP contribution is 2.41. The van der Waals surface area contributed by atoms with Crippen LogP contribution in [0.25, 0.3) is 0 Å². The molecule has 0 radical (unpaired) electrons. The van der Waals surface area contributed by atoms with Crippen LogP contribution >= 0.6 is 0 Å². The van der Waals surface area contributed by atoms with Crippen molar-refractivity contribution in [3.8, 4) is 17.2 Å². The third-order valence-electron chi connectivity index (χ3n) is 3.98. The van der Waals surface area contributed by atoms with E-state index in [0.29, 0.717) is 10.6 Å². The number of carbonyl (C=O) groups excluding carboxylic acids is 1. The number of alkyl halides is 3. The van der Waals surface area contributed by atoms with Gasteiger partial charge in [-0.15, -0.1) is 0 Å². The topological polar surface area (TPSA) is 82.0 Å². The van der Waals surface area contributed by atoms with Gasteiger partial charge in [0.2, 0.25) is 5.75 Å². The van der Waals surface area contributed by atoms with Crippen molar-refractivity contribution >= 4 is 11.6 Å². The summed E-state index contributed by atoms with van der Waals surface area (Å²) in [5.41, 5.74) is 0.611. The lowest BCUT2D eigenvalue weighted by Crippen LogP contribution is -2.47. The van der Waals surface area contributed by atoms with Gasteiger partial charge in [-0.05, 0) is 24.3 Å². The monoisotopic (exact) mass is 368 g/mol. The number of phenolic OH excluding ortho intramolecular Hbond substituents is 2. The summed E-state index contributed by atoms with van der Waals surface area (Å²) in [7, 11) is 1.24. The Bertz CT molecular complexity index is 854. The summed E-state index contributed by atoms with van der Waals surface area (Å²) in [6.45, 7) is -1.48. The lowest BCUT2D eigenvalue weighted by molar-refractivity contribution is -0.144. The largest absolute Gasteiger partial charge is 0.504 e. The SMILES string of the molecule is COc1cc([C@@H]2Nc3ccccc3C(=O)N2CC(F)(F)F)cc(O)c1O. The second-order valence-electron chi connectivity index (χ2n) is 5.73. The number of fused-ring (bicyclic) bond motifs is 1. The number of phenols is 2. The van der Waals surface area contributed by atoms with Crippen LogP contribution in [0.5, 0.6) is 17.2 Å². The van der Waals surface area contributed by atoms with Crippen molar-refractivity contribution < 1.29 is 32.9 Å². The van der Waals surface area contributed by atoms with Gasteiger partial charge in [0, 0.05) is 11.3 Å². The average molecular weight is 368 g/mol. The zero-order valence-corrected chi connectivity index (χ0v) is 13.5. The van der Waals surface area contributed by atoms with Crippen LogP contribution in [0.1, 0.15) is 22.1 Å². The van der Waals surface area contributed by atoms with Gasteiger partial charge in [0.1, 0.15) is 12.7 Å². The Hall–Kier alpha value is -3.10. The molecule has 1 aliphatic heterocycles. The predicted octanol–water partition coefficient (Wildman–Crippen LogP) is 3.24. The summed E-state index contributed by atoms with van der Waals surface area (Å²) in [6, 6.07) is 8.55. The van der Waals surface area contributed by atoms with Gasteiger partial charge >= 0.3 is 6.18 Å². The van der Waals surface area contributed by atoms with E-state index in [1.165, 1.54) is 19.2 Å².